The lowest BCUT2D eigenvalue weighted by atomic mass is 9.94. The fourth-order valence-electron chi connectivity index (χ4n) is 3.42. The van der Waals surface area contributed by atoms with Crippen LogP contribution < -0.4 is 5.32 Å². The van der Waals surface area contributed by atoms with Crippen molar-refractivity contribution in [3.8, 4) is 0 Å². The van der Waals surface area contributed by atoms with Gasteiger partial charge in [-0.1, -0.05) is 38.1 Å². The van der Waals surface area contributed by atoms with Crippen LogP contribution in [0.4, 0.5) is 0 Å². The smallest absolute Gasteiger partial charge is 0.306 e. The molecule has 0 aromatic heterocycles. The van der Waals surface area contributed by atoms with Crippen LogP contribution in [0, 0.1) is 5.92 Å². The van der Waals surface area contributed by atoms with Crippen molar-refractivity contribution in [2.45, 2.75) is 39.7 Å². The molecule has 1 aliphatic rings. The maximum Gasteiger partial charge on any atom is 0.306 e. The van der Waals surface area contributed by atoms with E-state index in [9.17, 15) is 19.2 Å². The molecule has 0 saturated carbocycles. The number of nitrogens with zero attached hydrogens (tertiary/aromatic N) is 1. The van der Waals surface area contributed by atoms with Gasteiger partial charge in [0.25, 0.3) is 17.7 Å². The molecule has 0 aliphatic carbocycles. The Balaban J connectivity index is 1.57. The number of ether oxygens (including phenoxy) is 1. The summed E-state index contributed by atoms with van der Waals surface area (Å²) < 4.78 is 5.15. The van der Waals surface area contributed by atoms with Gasteiger partial charge in [-0.3, -0.25) is 24.1 Å². The Bertz CT molecular complexity index is 948. The number of amides is 3. The van der Waals surface area contributed by atoms with Crippen LogP contribution in [0.1, 0.15) is 54.3 Å². The van der Waals surface area contributed by atoms with Crippen LogP contribution in [0.2, 0.25) is 0 Å². The molecule has 3 rings (SSSR count). The molecule has 0 radical (unpaired) electrons. The number of nitrogens with one attached hydrogen (secondary N) is 1. The summed E-state index contributed by atoms with van der Waals surface area (Å²) in [6.07, 6.45) is -0.626. The van der Waals surface area contributed by atoms with Gasteiger partial charge in [0.1, 0.15) is 0 Å². The summed E-state index contributed by atoms with van der Waals surface area (Å²) in [4.78, 5) is 50.8. The van der Waals surface area contributed by atoms with E-state index in [0.717, 1.165) is 5.39 Å². The average Bonchev–Trinajstić information content (AvgIpc) is 2.72. The van der Waals surface area contributed by atoms with E-state index in [-0.39, 0.29) is 37.1 Å². The van der Waals surface area contributed by atoms with E-state index in [0.29, 0.717) is 29.0 Å². The Hall–Kier alpha value is -3.22. The van der Waals surface area contributed by atoms with Gasteiger partial charge in [-0.15, -0.1) is 0 Å². The van der Waals surface area contributed by atoms with E-state index in [4.69, 9.17) is 4.74 Å². The topological polar surface area (TPSA) is 92.8 Å². The highest BCUT2D eigenvalue weighted by Gasteiger charge is 2.32. The summed E-state index contributed by atoms with van der Waals surface area (Å²) >= 11 is 0. The van der Waals surface area contributed by atoms with Gasteiger partial charge in [-0.2, -0.15) is 0 Å². The second kappa shape index (κ2) is 9.07. The fourth-order valence-corrected chi connectivity index (χ4v) is 3.42. The number of rotatable bonds is 8. The molecule has 0 fully saturated rings. The summed E-state index contributed by atoms with van der Waals surface area (Å²) in [7, 11) is 0. The molecule has 158 valence electrons. The molecule has 7 heteroatoms. The molecular weight excluding hydrogens is 384 g/mol. The van der Waals surface area contributed by atoms with Crippen LogP contribution in [-0.4, -0.2) is 47.8 Å². The summed E-state index contributed by atoms with van der Waals surface area (Å²) in [6.45, 7) is 6.07. The number of benzene rings is 2. The van der Waals surface area contributed by atoms with Crippen molar-refractivity contribution in [2.24, 2.45) is 5.92 Å². The largest absolute Gasteiger partial charge is 0.453 e. The van der Waals surface area contributed by atoms with Gasteiger partial charge in [0.05, 0.1) is 0 Å². The minimum absolute atomic E-state index is 0.00467. The average molecular weight is 410 g/mol. The molecule has 7 nitrogen and oxygen atoms in total. The van der Waals surface area contributed by atoms with Crippen LogP contribution >= 0.6 is 0 Å². The molecule has 2 aromatic carbocycles. The number of carbonyl (C=O) groups is 4. The number of hydrogen-bond acceptors (Lipinski definition) is 5. The molecule has 2 aromatic rings. The van der Waals surface area contributed by atoms with E-state index >= 15 is 0 Å². The second-order valence-electron chi connectivity index (χ2n) is 7.85. The second-order valence-corrected chi connectivity index (χ2v) is 7.85. The number of hydrogen-bond donors (Lipinski definition) is 1. The third-order valence-electron chi connectivity index (χ3n) is 4.98. The van der Waals surface area contributed by atoms with Crippen molar-refractivity contribution < 1.29 is 23.9 Å². The zero-order valence-corrected chi connectivity index (χ0v) is 17.4. The molecule has 1 aliphatic heterocycles. The Morgan fingerprint density at radius 1 is 1.00 bits per heavy atom. The molecule has 0 spiro atoms. The van der Waals surface area contributed by atoms with Gasteiger partial charge in [-0.05, 0) is 36.8 Å². The predicted octanol–water partition coefficient (Wildman–Crippen LogP) is 2.92. The number of esters is 1. The first-order valence-corrected chi connectivity index (χ1v) is 10.1. The van der Waals surface area contributed by atoms with E-state index in [1.54, 1.807) is 24.3 Å². The summed E-state index contributed by atoms with van der Waals surface area (Å²) in [5.41, 5.74) is 0.974. The molecular formula is C23H26N2O5. The molecule has 0 saturated heterocycles. The first-order valence-electron chi connectivity index (χ1n) is 10.1. The van der Waals surface area contributed by atoms with E-state index in [1.165, 1.54) is 11.8 Å². The van der Waals surface area contributed by atoms with Crippen molar-refractivity contribution in [1.29, 1.82) is 0 Å². The monoisotopic (exact) mass is 410 g/mol. The Labute approximate surface area is 175 Å². The van der Waals surface area contributed by atoms with Crippen molar-refractivity contribution >= 4 is 34.5 Å². The minimum atomic E-state index is -0.890. The zero-order valence-electron chi connectivity index (χ0n) is 17.4. The highest BCUT2D eigenvalue weighted by atomic mass is 16.5. The molecule has 1 unspecified atom stereocenters. The van der Waals surface area contributed by atoms with Gasteiger partial charge in [0, 0.05) is 36.0 Å². The Kier molecular flexibility index (Phi) is 6.50. The van der Waals surface area contributed by atoms with Crippen molar-refractivity contribution in [3.63, 3.8) is 0 Å². The Morgan fingerprint density at radius 3 is 2.17 bits per heavy atom. The van der Waals surface area contributed by atoms with Crippen molar-refractivity contribution in [2.75, 3.05) is 13.1 Å². The quantitative estimate of drug-likeness (QED) is 0.534. The number of carbonyl (C=O) groups excluding carboxylic acids is 4. The zero-order chi connectivity index (χ0) is 21.8. The van der Waals surface area contributed by atoms with Gasteiger partial charge in [0.2, 0.25) is 0 Å². The van der Waals surface area contributed by atoms with E-state index < -0.39 is 12.1 Å². The lowest BCUT2D eigenvalue weighted by molar-refractivity contribution is -0.155. The predicted molar refractivity (Wildman–Crippen MR) is 112 cm³/mol. The van der Waals surface area contributed by atoms with Gasteiger partial charge < -0.3 is 10.1 Å². The highest BCUT2D eigenvalue weighted by Crippen LogP contribution is 2.30. The SMILES string of the molecule is CC(C)CNC(=O)C(C)OC(=O)CCCN1C(=O)c2cccc3cccc(c23)C1=O. The summed E-state index contributed by atoms with van der Waals surface area (Å²) in [5, 5.41) is 4.23. The highest BCUT2D eigenvalue weighted by molar-refractivity contribution is 6.25. The Morgan fingerprint density at radius 2 is 1.60 bits per heavy atom. The third-order valence-corrected chi connectivity index (χ3v) is 4.98. The van der Waals surface area contributed by atoms with Gasteiger partial charge in [-0.25, -0.2) is 0 Å². The maximum absolute atomic E-state index is 12.8. The molecule has 30 heavy (non-hydrogen) atoms. The fraction of sp³-hybridized carbons (Fsp3) is 0.391. The summed E-state index contributed by atoms with van der Waals surface area (Å²) in [5.74, 6) is -1.31. The lowest BCUT2D eigenvalue weighted by Crippen LogP contribution is -2.41. The minimum Gasteiger partial charge on any atom is -0.453 e. The van der Waals surface area contributed by atoms with Crippen molar-refractivity contribution in [3.05, 3.63) is 47.5 Å². The normalized spacial score (nSPS) is 14.2. The lowest BCUT2D eigenvalue weighted by Gasteiger charge is -2.27. The van der Waals surface area contributed by atoms with Crippen LogP contribution in [0.3, 0.4) is 0 Å². The van der Waals surface area contributed by atoms with Gasteiger partial charge in [0.15, 0.2) is 6.10 Å². The first-order chi connectivity index (χ1) is 14.3. The van der Waals surface area contributed by atoms with Crippen LogP contribution in [0.15, 0.2) is 36.4 Å². The molecule has 1 N–H and O–H groups in total. The van der Waals surface area contributed by atoms with E-state index in [2.05, 4.69) is 5.32 Å². The first kappa shape index (κ1) is 21.5. The third kappa shape index (κ3) is 4.50. The van der Waals surface area contributed by atoms with Crippen LogP contribution in [0.5, 0.6) is 0 Å². The standard InChI is InChI=1S/C23H26N2O5/c1-14(2)13-24-21(27)15(3)30-19(26)11-6-12-25-22(28)17-9-4-7-16-8-5-10-18(20(16)17)23(25)29/h4-5,7-10,14-15H,6,11-13H2,1-3H3,(H,24,27). The molecule has 0 bridgehead atoms. The number of imide groups is 1. The van der Waals surface area contributed by atoms with E-state index in [1.807, 2.05) is 26.0 Å². The molecule has 1 heterocycles. The summed E-state index contributed by atoms with van der Waals surface area (Å²) in [6, 6.07) is 10.7. The van der Waals surface area contributed by atoms with Gasteiger partial charge >= 0.3 is 5.97 Å². The maximum atomic E-state index is 12.8. The van der Waals surface area contributed by atoms with Crippen LogP contribution in [-0.2, 0) is 14.3 Å². The molecule has 3 amide bonds. The van der Waals surface area contributed by atoms with Crippen molar-refractivity contribution in [1.82, 2.24) is 10.2 Å². The molecule has 1 atom stereocenters. The van der Waals surface area contributed by atoms with Crippen LogP contribution in [0.25, 0.3) is 10.8 Å².